The van der Waals surface area contributed by atoms with Crippen LogP contribution in [0.1, 0.15) is 11.1 Å². The second-order valence-electron chi connectivity index (χ2n) is 11.0. The van der Waals surface area contributed by atoms with Gasteiger partial charge in [-0.25, -0.2) is 0 Å². The molecule has 2 aromatic heterocycles. The predicted octanol–water partition coefficient (Wildman–Crippen LogP) is 4.84. The van der Waals surface area contributed by atoms with Crippen LogP contribution in [0.2, 0.25) is 0 Å². The molecule has 7 aromatic carbocycles. The van der Waals surface area contributed by atoms with Crippen LogP contribution in [-0.2, 0) is 14.1 Å². The van der Waals surface area contributed by atoms with Crippen molar-refractivity contribution >= 4 is 86.2 Å². The van der Waals surface area contributed by atoms with Crippen molar-refractivity contribution in [3.63, 3.8) is 0 Å². The Labute approximate surface area is 212 Å². The second kappa shape index (κ2) is 5.83. The van der Waals surface area contributed by atoms with E-state index in [0.29, 0.717) is 32.3 Å². The van der Waals surface area contributed by atoms with E-state index in [9.17, 15) is 19.2 Å². The molecule has 0 unspecified atom stereocenters. The topological polar surface area (TPSA) is 78.1 Å². The van der Waals surface area contributed by atoms with Crippen LogP contribution in [0.15, 0.2) is 55.6 Å². The lowest BCUT2D eigenvalue weighted by molar-refractivity contribution is 0.841. The number of hydrogen-bond acceptors (Lipinski definition) is 4. The van der Waals surface area contributed by atoms with Gasteiger partial charge in [0.15, 0.2) is 0 Å². The lowest BCUT2D eigenvalue weighted by atomic mass is 9.78. The van der Waals surface area contributed by atoms with Gasteiger partial charge in [-0.15, -0.1) is 0 Å². The minimum absolute atomic E-state index is 0.304. The molecule has 0 amide bonds. The summed E-state index contributed by atoms with van der Waals surface area (Å²) in [5.74, 6) is 0. The Morgan fingerprint density at radius 2 is 0.737 bits per heavy atom. The lowest BCUT2D eigenvalue weighted by Gasteiger charge is -2.24. The third-order valence-corrected chi connectivity index (χ3v) is 9.10. The molecule has 0 fully saturated rings. The summed E-state index contributed by atoms with van der Waals surface area (Å²) < 4.78 is 2.40. The summed E-state index contributed by atoms with van der Waals surface area (Å²) in [6.07, 6.45) is 0. The van der Waals surface area contributed by atoms with Gasteiger partial charge in [-0.3, -0.25) is 28.3 Å². The molecule has 2 heterocycles. The number of aryl methyl sites for hydroxylation is 2. The molecule has 6 nitrogen and oxygen atoms in total. The maximum Gasteiger partial charge on any atom is 0.261 e. The van der Waals surface area contributed by atoms with Gasteiger partial charge in [-0.1, -0.05) is 12.1 Å². The minimum atomic E-state index is -0.305. The molecule has 180 valence electrons. The molecule has 0 saturated heterocycles. The fourth-order valence-electron chi connectivity index (χ4n) is 7.43. The Hall–Kier alpha value is -4.84. The summed E-state index contributed by atoms with van der Waals surface area (Å²) in [5, 5.41) is 13.0. The molecule has 9 rings (SSSR count). The Kier molecular flexibility index (Phi) is 3.11. The smallest absolute Gasteiger partial charge is 0.261 e. The van der Waals surface area contributed by atoms with E-state index >= 15 is 0 Å². The molecule has 0 aliphatic heterocycles. The number of rotatable bonds is 0. The van der Waals surface area contributed by atoms with Gasteiger partial charge in [0.2, 0.25) is 0 Å². The van der Waals surface area contributed by atoms with E-state index in [2.05, 4.69) is 12.1 Å². The van der Waals surface area contributed by atoms with Crippen molar-refractivity contribution in [2.75, 3.05) is 0 Å². The first kappa shape index (κ1) is 20.2. The van der Waals surface area contributed by atoms with Gasteiger partial charge in [0.1, 0.15) is 0 Å². The molecule has 0 spiro atoms. The summed E-state index contributed by atoms with van der Waals surface area (Å²) in [6, 6.07) is 11.8. The SMILES string of the molecule is Cc1cc2cc3c(=O)n(C)c(=O)c4cc5c(C)cc6cc7c(=O)n(C)c(=O)c8cc1c1c2c(c34)c5c6c1c78. The van der Waals surface area contributed by atoms with Crippen molar-refractivity contribution in [2.45, 2.75) is 13.8 Å². The quantitative estimate of drug-likeness (QED) is 0.223. The highest BCUT2D eigenvalue weighted by Gasteiger charge is 2.28. The van der Waals surface area contributed by atoms with Crippen LogP contribution < -0.4 is 22.2 Å². The molecule has 0 aliphatic carbocycles. The third-order valence-electron chi connectivity index (χ3n) is 9.10. The van der Waals surface area contributed by atoms with Gasteiger partial charge in [0.25, 0.3) is 22.2 Å². The first-order valence-corrected chi connectivity index (χ1v) is 12.6. The zero-order valence-corrected chi connectivity index (χ0v) is 21.0. The number of benzene rings is 7. The summed E-state index contributed by atoms with van der Waals surface area (Å²) in [4.78, 5) is 53.7. The number of hydrogen-bond donors (Lipinski definition) is 0. The number of pyridine rings is 2. The van der Waals surface area contributed by atoms with Crippen molar-refractivity contribution < 1.29 is 0 Å². The minimum Gasteiger partial charge on any atom is -0.277 e. The second-order valence-corrected chi connectivity index (χ2v) is 11.0. The van der Waals surface area contributed by atoms with Crippen molar-refractivity contribution in [3.05, 3.63) is 88.9 Å². The van der Waals surface area contributed by atoms with Crippen molar-refractivity contribution in [2.24, 2.45) is 14.1 Å². The molecule has 9 aromatic rings. The maximum atomic E-state index is 13.4. The van der Waals surface area contributed by atoms with E-state index < -0.39 is 0 Å². The zero-order chi connectivity index (χ0) is 26.1. The van der Waals surface area contributed by atoms with Crippen molar-refractivity contribution in [1.82, 2.24) is 9.13 Å². The van der Waals surface area contributed by atoms with Gasteiger partial charge in [-0.05, 0) is 92.3 Å². The Morgan fingerprint density at radius 1 is 0.395 bits per heavy atom. The van der Waals surface area contributed by atoms with Gasteiger partial charge in [0, 0.05) is 57.2 Å². The van der Waals surface area contributed by atoms with E-state index in [0.717, 1.165) is 65.0 Å². The van der Waals surface area contributed by atoms with Crippen LogP contribution in [0, 0.1) is 13.8 Å². The van der Waals surface area contributed by atoms with Crippen LogP contribution in [0.3, 0.4) is 0 Å². The van der Waals surface area contributed by atoms with Crippen LogP contribution >= 0.6 is 0 Å². The average Bonchev–Trinajstić information content (AvgIpc) is 2.91. The fourth-order valence-corrected chi connectivity index (χ4v) is 7.43. The molecular weight excluding hydrogens is 476 g/mol. The Bertz CT molecular complexity index is 2590. The molecule has 0 aliphatic rings. The summed E-state index contributed by atoms with van der Waals surface area (Å²) >= 11 is 0. The molecule has 6 heteroatoms. The zero-order valence-electron chi connectivity index (χ0n) is 21.0. The molecular formula is C32H18N2O4. The standard InChI is InChI=1S/C32H18N2O4/c1-11-5-13-7-17-24-20(32(38)34(4)29(17)35)10-16-12(2)6-14-8-18-23-19(31(37)33(3)30(18)36)9-15(11)25-21(13)28(24)26(16)22(14)27(23)25/h5-10H,1-4H3. The largest absolute Gasteiger partial charge is 0.277 e. The molecule has 0 saturated carbocycles. The normalized spacial score (nSPS) is 13.2. The van der Waals surface area contributed by atoms with E-state index in [4.69, 9.17) is 0 Å². The summed E-state index contributed by atoms with van der Waals surface area (Å²) in [7, 11) is 3.07. The monoisotopic (exact) mass is 494 g/mol. The highest BCUT2D eigenvalue weighted by Crippen LogP contribution is 2.52. The first-order valence-electron chi connectivity index (χ1n) is 12.6. The van der Waals surface area contributed by atoms with Crippen molar-refractivity contribution in [1.29, 1.82) is 0 Å². The molecule has 38 heavy (non-hydrogen) atoms. The van der Waals surface area contributed by atoms with E-state index in [-0.39, 0.29) is 22.2 Å². The summed E-state index contributed by atoms with van der Waals surface area (Å²) in [5.41, 5.74) is 0.752. The number of aromatic nitrogens is 2. The van der Waals surface area contributed by atoms with E-state index in [1.54, 1.807) is 0 Å². The van der Waals surface area contributed by atoms with Crippen LogP contribution in [0.4, 0.5) is 0 Å². The fraction of sp³-hybridized carbons (Fsp3) is 0.125. The van der Waals surface area contributed by atoms with Gasteiger partial charge < -0.3 is 0 Å². The first-order chi connectivity index (χ1) is 18.2. The van der Waals surface area contributed by atoms with Gasteiger partial charge >= 0.3 is 0 Å². The predicted molar refractivity (Wildman–Crippen MR) is 155 cm³/mol. The molecule has 0 radical (unpaired) electrons. The Morgan fingerprint density at radius 3 is 1.11 bits per heavy atom. The third kappa shape index (κ3) is 1.87. The lowest BCUT2D eigenvalue weighted by Crippen LogP contribution is -2.31. The summed E-state index contributed by atoms with van der Waals surface area (Å²) in [6.45, 7) is 4.03. The maximum absolute atomic E-state index is 13.4. The van der Waals surface area contributed by atoms with Crippen molar-refractivity contribution in [3.8, 4) is 0 Å². The van der Waals surface area contributed by atoms with E-state index in [1.165, 1.54) is 23.2 Å². The van der Waals surface area contributed by atoms with Crippen LogP contribution in [0.25, 0.3) is 86.2 Å². The van der Waals surface area contributed by atoms with Crippen LogP contribution in [0.5, 0.6) is 0 Å². The molecule has 0 N–H and O–H groups in total. The van der Waals surface area contributed by atoms with Crippen LogP contribution in [-0.4, -0.2) is 9.13 Å². The van der Waals surface area contributed by atoms with Gasteiger partial charge in [0.05, 0.1) is 0 Å². The number of nitrogens with zero attached hydrogens (tertiary/aromatic N) is 2. The van der Waals surface area contributed by atoms with E-state index in [1.807, 2.05) is 38.1 Å². The Balaban J connectivity index is 1.85. The average molecular weight is 495 g/mol. The highest BCUT2D eigenvalue weighted by atomic mass is 16.2. The molecule has 0 atom stereocenters. The van der Waals surface area contributed by atoms with Gasteiger partial charge in [-0.2, -0.15) is 0 Å². The highest BCUT2D eigenvalue weighted by molar-refractivity contribution is 6.49. The molecule has 0 bridgehead atoms.